The Hall–Kier alpha value is -0.805. The first-order valence-electron chi connectivity index (χ1n) is 7.48. The summed E-state index contributed by atoms with van der Waals surface area (Å²) in [7, 11) is -0.275. The number of hydrogen-bond donors (Lipinski definition) is 0. The third-order valence-electron chi connectivity index (χ3n) is 4.62. The number of carbonyl (C=O) groups is 1. The van der Waals surface area contributed by atoms with Gasteiger partial charge in [-0.05, 0) is 59.4 Å². The smallest absolute Gasteiger partial charge is 0.466 e. The average Bonchev–Trinajstić information content (AvgIpc) is 2.59. The summed E-state index contributed by atoms with van der Waals surface area (Å²) < 4.78 is 17.2. The SMILES string of the molecule is CCOC(=O)[C@H]1CC=C(B2OC(C)(C)C(C)(C)O2)CC1. The molecule has 1 fully saturated rings. The van der Waals surface area contributed by atoms with Gasteiger partial charge in [0, 0.05) is 0 Å². The first-order valence-corrected chi connectivity index (χ1v) is 7.48. The van der Waals surface area contributed by atoms with Gasteiger partial charge in [0.2, 0.25) is 0 Å². The molecule has 0 unspecified atom stereocenters. The fraction of sp³-hybridized carbons (Fsp3) is 0.800. The molecule has 0 saturated carbocycles. The van der Waals surface area contributed by atoms with Crippen LogP contribution in [-0.4, -0.2) is 30.9 Å². The van der Waals surface area contributed by atoms with Crippen LogP contribution in [0, 0.1) is 5.92 Å². The normalized spacial score (nSPS) is 28.1. The summed E-state index contributed by atoms with van der Waals surface area (Å²) in [4.78, 5) is 11.7. The molecule has 0 bridgehead atoms. The standard InChI is InChI=1S/C15H25BO4/c1-6-18-13(17)11-7-9-12(10-8-11)16-19-14(2,3)15(4,5)20-16/h9,11H,6-8,10H2,1-5H3/t11-/m0/s1. The highest BCUT2D eigenvalue weighted by Gasteiger charge is 2.52. The lowest BCUT2D eigenvalue weighted by Gasteiger charge is -2.32. The maximum atomic E-state index is 11.7. The topological polar surface area (TPSA) is 44.8 Å². The second-order valence-electron chi connectivity index (χ2n) is 6.59. The fourth-order valence-electron chi connectivity index (χ4n) is 2.54. The highest BCUT2D eigenvalue weighted by Crippen LogP contribution is 2.40. The molecule has 1 saturated heterocycles. The number of carbonyl (C=O) groups excluding carboxylic acids is 1. The van der Waals surface area contributed by atoms with Crippen LogP contribution < -0.4 is 0 Å². The number of esters is 1. The van der Waals surface area contributed by atoms with Gasteiger partial charge in [-0.25, -0.2) is 0 Å². The molecule has 0 N–H and O–H groups in total. The molecule has 112 valence electrons. The monoisotopic (exact) mass is 280 g/mol. The minimum atomic E-state index is -0.309. The average molecular weight is 280 g/mol. The molecule has 5 heteroatoms. The van der Waals surface area contributed by atoms with Crippen LogP contribution in [0.2, 0.25) is 0 Å². The van der Waals surface area contributed by atoms with Gasteiger partial charge in [-0.15, -0.1) is 0 Å². The second-order valence-corrected chi connectivity index (χ2v) is 6.59. The fourth-order valence-corrected chi connectivity index (χ4v) is 2.54. The van der Waals surface area contributed by atoms with E-state index in [2.05, 4.69) is 33.8 Å². The molecule has 1 atom stereocenters. The zero-order chi connectivity index (χ0) is 15.0. The van der Waals surface area contributed by atoms with Crippen LogP contribution in [0.15, 0.2) is 11.5 Å². The molecule has 0 aromatic heterocycles. The Bertz CT molecular complexity index is 398. The summed E-state index contributed by atoms with van der Waals surface area (Å²) in [6.07, 6.45) is 4.46. The van der Waals surface area contributed by atoms with Gasteiger partial charge in [0.1, 0.15) is 0 Å². The first-order chi connectivity index (χ1) is 9.27. The van der Waals surface area contributed by atoms with E-state index in [1.165, 1.54) is 0 Å². The number of ether oxygens (including phenoxy) is 1. The van der Waals surface area contributed by atoms with E-state index in [-0.39, 0.29) is 30.2 Å². The molecule has 0 radical (unpaired) electrons. The number of rotatable bonds is 3. The van der Waals surface area contributed by atoms with Crippen molar-refractivity contribution in [3.05, 3.63) is 11.5 Å². The molecular formula is C15H25BO4. The molecule has 0 amide bonds. The Labute approximate surface area is 122 Å². The van der Waals surface area contributed by atoms with Gasteiger partial charge in [-0.3, -0.25) is 4.79 Å². The highest BCUT2D eigenvalue weighted by atomic mass is 16.7. The Morgan fingerprint density at radius 1 is 1.35 bits per heavy atom. The molecule has 0 aromatic rings. The van der Waals surface area contributed by atoms with E-state index in [1.54, 1.807) is 0 Å². The lowest BCUT2D eigenvalue weighted by Crippen LogP contribution is -2.41. The van der Waals surface area contributed by atoms with E-state index in [1.807, 2.05) is 6.92 Å². The predicted molar refractivity (Wildman–Crippen MR) is 78.1 cm³/mol. The molecule has 2 aliphatic rings. The van der Waals surface area contributed by atoms with Crippen LogP contribution in [0.4, 0.5) is 0 Å². The summed E-state index contributed by atoms with van der Waals surface area (Å²) >= 11 is 0. The number of allylic oxidation sites excluding steroid dienone is 2. The van der Waals surface area contributed by atoms with Crippen LogP contribution >= 0.6 is 0 Å². The second kappa shape index (κ2) is 5.53. The number of hydrogen-bond acceptors (Lipinski definition) is 4. The van der Waals surface area contributed by atoms with Crippen LogP contribution in [0.1, 0.15) is 53.9 Å². The van der Waals surface area contributed by atoms with E-state index in [4.69, 9.17) is 14.0 Å². The van der Waals surface area contributed by atoms with Crippen molar-refractivity contribution in [2.24, 2.45) is 5.92 Å². The Morgan fingerprint density at radius 3 is 2.40 bits per heavy atom. The minimum absolute atomic E-state index is 0.0128. The van der Waals surface area contributed by atoms with Gasteiger partial charge in [0.05, 0.1) is 23.7 Å². The quantitative estimate of drug-likeness (QED) is 0.589. The van der Waals surface area contributed by atoms with Crippen LogP contribution in [-0.2, 0) is 18.8 Å². The van der Waals surface area contributed by atoms with Crippen molar-refractivity contribution >= 4 is 13.1 Å². The lowest BCUT2D eigenvalue weighted by atomic mass is 9.70. The van der Waals surface area contributed by atoms with E-state index >= 15 is 0 Å². The van der Waals surface area contributed by atoms with Gasteiger partial charge < -0.3 is 14.0 Å². The Morgan fingerprint density at radius 2 is 1.95 bits per heavy atom. The molecule has 1 aliphatic carbocycles. The molecule has 1 heterocycles. The van der Waals surface area contributed by atoms with Gasteiger partial charge in [0.15, 0.2) is 0 Å². The molecule has 20 heavy (non-hydrogen) atoms. The van der Waals surface area contributed by atoms with Crippen molar-refractivity contribution in [1.82, 2.24) is 0 Å². The predicted octanol–water partition coefficient (Wildman–Crippen LogP) is 2.91. The molecule has 0 aromatic carbocycles. The zero-order valence-electron chi connectivity index (χ0n) is 13.2. The van der Waals surface area contributed by atoms with E-state index in [0.717, 1.165) is 24.7 Å². The first kappa shape index (κ1) is 15.6. The maximum absolute atomic E-state index is 11.7. The van der Waals surface area contributed by atoms with Crippen molar-refractivity contribution in [2.45, 2.75) is 65.1 Å². The van der Waals surface area contributed by atoms with Crippen molar-refractivity contribution in [1.29, 1.82) is 0 Å². The van der Waals surface area contributed by atoms with Gasteiger partial charge in [0.25, 0.3) is 0 Å². The summed E-state index contributed by atoms with van der Waals surface area (Å²) in [5.74, 6) is -0.0992. The third kappa shape index (κ3) is 2.94. The Kier molecular flexibility index (Phi) is 4.31. The van der Waals surface area contributed by atoms with Crippen molar-refractivity contribution in [3.63, 3.8) is 0 Å². The van der Waals surface area contributed by atoms with Crippen LogP contribution in [0.5, 0.6) is 0 Å². The van der Waals surface area contributed by atoms with Crippen molar-refractivity contribution < 1.29 is 18.8 Å². The van der Waals surface area contributed by atoms with Crippen molar-refractivity contribution in [2.75, 3.05) is 6.61 Å². The van der Waals surface area contributed by atoms with Crippen LogP contribution in [0.25, 0.3) is 0 Å². The van der Waals surface area contributed by atoms with Gasteiger partial charge in [-0.2, -0.15) is 0 Å². The molecule has 0 spiro atoms. The summed E-state index contributed by atoms with van der Waals surface area (Å²) in [6.45, 7) is 10.5. The summed E-state index contributed by atoms with van der Waals surface area (Å²) in [5, 5.41) is 0. The van der Waals surface area contributed by atoms with Crippen molar-refractivity contribution in [3.8, 4) is 0 Å². The van der Waals surface area contributed by atoms with E-state index in [0.29, 0.717) is 6.61 Å². The van der Waals surface area contributed by atoms with E-state index in [9.17, 15) is 4.79 Å². The van der Waals surface area contributed by atoms with Gasteiger partial charge in [-0.1, -0.05) is 6.08 Å². The molecule has 2 rings (SSSR count). The molecular weight excluding hydrogens is 255 g/mol. The van der Waals surface area contributed by atoms with E-state index < -0.39 is 0 Å². The summed E-state index contributed by atoms with van der Waals surface area (Å²) in [6, 6.07) is 0. The third-order valence-corrected chi connectivity index (χ3v) is 4.62. The molecule has 4 nitrogen and oxygen atoms in total. The highest BCUT2D eigenvalue weighted by molar-refractivity contribution is 6.54. The lowest BCUT2D eigenvalue weighted by molar-refractivity contribution is -0.148. The largest absolute Gasteiger partial charge is 0.490 e. The zero-order valence-corrected chi connectivity index (χ0v) is 13.2. The molecule has 1 aliphatic heterocycles. The Balaban J connectivity index is 1.98. The van der Waals surface area contributed by atoms with Crippen LogP contribution in [0.3, 0.4) is 0 Å². The van der Waals surface area contributed by atoms with Gasteiger partial charge >= 0.3 is 13.1 Å². The summed E-state index contributed by atoms with van der Waals surface area (Å²) in [5.41, 5.74) is 0.539. The maximum Gasteiger partial charge on any atom is 0.490 e. The minimum Gasteiger partial charge on any atom is -0.466 e.